The molecule has 0 saturated heterocycles. The number of nitrogens with one attached hydrogen (secondary N) is 1. The minimum absolute atomic E-state index is 0.00675. The first-order valence-corrected chi connectivity index (χ1v) is 6.38. The Bertz CT molecular complexity index is 612. The van der Waals surface area contributed by atoms with Gasteiger partial charge in [0, 0.05) is 0 Å². The summed E-state index contributed by atoms with van der Waals surface area (Å²) in [5.74, 6) is -0.255. The van der Waals surface area contributed by atoms with Crippen LogP contribution in [-0.2, 0) is 12.0 Å². The van der Waals surface area contributed by atoms with Crippen molar-refractivity contribution >= 4 is 5.97 Å². The van der Waals surface area contributed by atoms with Gasteiger partial charge in [-0.3, -0.25) is 5.10 Å². The topological polar surface area (TPSA) is 75.2 Å². The SMILES string of the molecule is CC(C)(C)c1ccccc1OCc1cc(C(=O)O)n[nH]1. The molecule has 0 aliphatic carbocycles. The molecule has 1 aromatic carbocycles. The summed E-state index contributed by atoms with van der Waals surface area (Å²) in [6.07, 6.45) is 0. The molecule has 5 heteroatoms. The van der Waals surface area contributed by atoms with Gasteiger partial charge >= 0.3 is 5.97 Å². The third-order valence-corrected chi connectivity index (χ3v) is 2.93. The predicted molar refractivity (Wildman–Crippen MR) is 75.0 cm³/mol. The molecule has 0 atom stereocenters. The standard InChI is InChI=1S/C15H18N2O3/c1-15(2,3)11-6-4-5-7-13(11)20-9-10-8-12(14(18)19)17-16-10/h4-8H,9H2,1-3H3,(H,16,17)(H,18,19). The van der Waals surface area contributed by atoms with Gasteiger partial charge in [-0.25, -0.2) is 4.79 Å². The van der Waals surface area contributed by atoms with E-state index in [1.54, 1.807) is 0 Å². The monoisotopic (exact) mass is 274 g/mol. The zero-order valence-electron chi connectivity index (χ0n) is 11.8. The second kappa shape index (κ2) is 5.36. The quantitative estimate of drug-likeness (QED) is 0.898. The largest absolute Gasteiger partial charge is 0.487 e. The number of benzene rings is 1. The number of aromatic nitrogens is 2. The van der Waals surface area contributed by atoms with Gasteiger partial charge in [-0.05, 0) is 23.1 Å². The summed E-state index contributed by atoms with van der Waals surface area (Å²) in [6, 6.07) is 9.31. The highest BCUT2D eigenvalue weighted by Crippen LogP contribution is 2.31. The van der Waals surface area contributed by atoms with Gasteiger partial charge in [0.15, 0.2) is 5.69 Å². The second-order valence-corrected chi connectivity index (χ2v) is 5.62. The molecule has 0 radical (unpaired) electrons. The van der Waals surface area contributed by atoms with E-state index in [9.17, 15) is 4.79 Å². The first-order valence-electron chi connectivity index (χ1n) is 6.38. The van der Waals surface area contributed by atoms with E-state index in [2.05, 4.69) is 31.0 Å². The van der Waals surface area contributed by atoms with E-state index in [0.717, 1.165) is 11.3 Å². The molecule has 2 N–H and O–H groups in total. The van der Waals surface area contributed by atoms with Gasteiger partial charge in [-0.2, -0.15) is 5.10 Å². The molecular formula is C15H18N2O3. The Labute approximate surface area is 117 Å². The number of carboxylic acids is 1. The fourth-order valence-corrected chi connectivity index (χ4v) is 1.91. The van der Waals surface area contributed by atoms with E-state index >= 15 is 0 Å². The molecule has 0 aliphatic rings. The van der Waals surface area contributed by atoms with Gasteiger partial charge in [-0.15, -0.1) is 0 Å². The van der Waals surface area contributed by atoms with Crippen molar-refractivity contribution < 1.29 is 14.6 Å². The Morgan fingerprint density at radius 3 is 2.65 bits per heavy atom. The number of H-pyrrole nitrogens is 1. The Balaban J connectivity index is 2.13. The molecule has 20 heavy (non-hydrogen) atoms. The highest BCUT2D eigenvalue weighted by atomic mass is 16.5. The molecule has 106 valence electrons. The molecule has 0 saturated carbocycles. The highest BCUT2D eigenvalue weighted by molar-refractivity contribution is 5.85. The summed E-state index contributed by atoms with van der Waals surface area (Å²) in [7, 11) is 0. The Morgan fingerprint density at radius 2 is 2.05 bits per heavy atom. The van der Waals surface area contributed by atoms with Crippen molar-refractivity contribution in [3.63, 3.8) is 0 Å². The van der Waals surface area contributed by atoms with Gasteiger partial charge in [-0.1, -0.05) is 39.0 Å². The maximum Gasteiger partial charge on any atom is 0.356 e. The molecular weight excluding hydrogens is 256 g/mol. The second-order valence-electron chi connectivity index (χ2n) is 5.62. The molecule has 5 nitrogen and oxygen atoms in total. The van der Waals surface area contributed by atoms with Gasteiger partial charge < -0.3 is 9.84 Å². The van der Waals surface area contributed by atoms with E-state index in [4.69, 9.17) is 9.84 Å². The molecule has 0 spiro atoms. The first kappa shape index (κ1) is 14.1. The summed E-state index contributed by atoms with van der Waals surface area (Å²) in [4.78, 5) is 10.8. The van der Waals surface area contributed by atoms with Gasteiger partial charge in [0.25, 0.3) is 0 Å². The van der Waals surface area contributed by atoms with Crippen molar-refractivity contribution in [2.75, 3.05) is 0 Å². The summed E-state index contributed by atoms with van der Waals surface area (Å²) in [5.41, 5.74) is 1.72. The molecule has 0 unspecified atom stereocenters. The van der Waals surface area contributed by atoms with Crippen LogP contribution in [0.2, 0.25) is 0 Å². The molecule has 2 aromatic rings. The van der Waals surface area contributed by atoms with Crippen LogP contribution in [0, 0.1) is 0 Å². The van der Waals surface area contributed by atoms with Crippen LogP contribution in [0.5, 0.6) is 5.75 Å². The van der Waals surface area contributed by atoms with Crippen LogP contribution in [0.1, 0.15) is 42.5 Å². The van der Waals surface area contributed by atoms with E-state index in [1.165, 1.54) is 6.07 Å². The van der Waals surface area contributed by atoms with Crippen molar-refractivity contribution in [3.8, 4) is 5.75 Å². The van der Waals surface area contributed by atoms with Crippen LogP contribution in [0.3, 0.4) is 0 Å². The number of para-hydroxylation sites is 1. The predicted octanol–water partition coefficient (Wildman–Crippen LogP) is 2.98. The lowest BCUT2D eigenvalue weighted by Crippen LogP contribution is -2.13. The number of rotatable bonds is 4. The first-order chi connectivity index (χ1) is 9.38. The highest BCUT2D eigenvalue weighted by Gasteiger charge is 2.18. The number of aromatic carboxylic acids is 1. The molecule has 1 aromatic heterocycles. The molecule has 1 heterocycles. The maximum absolute atomic E-state index is 10.8. The van der Waals surface area contributed by atoms with E-state index in [0.29, 0.717) is 5.69 Å². The molecule has 0 bridgehead atoms. The minimum atomic E-state index is -1.05. The summed E-state index contributed by atoms with van der Waals surface area (Å²) < 4.78 is 5.78. The average molecular weight is 274 g/mol. The van der Waals surface area contributed by atoms with Crippen molar-refractivity contribution in [2.24, 2.45) is 0 Å². The van der Waals surface area contributed by atoms with Crippen LogP contribution in [0.4, 0.5) is 0 Å². The smallest absolute Gasteiger partial charge is 0.356 e. The summed E-state index contributed by atoms with van der Waals surface area (Å²) in [5, 5.41) is 15.2. The average Bonchev–Trinajstić information content (AvgIpc) is 2.84. The maximum atomic E-state index is 10.8. The normalized spacial score (nSPS) is 11.3. The van der Waals surface area contributed by atoms with Gasteiger partial charge in [0.2, 0.25) is 0 Å². The lowest BCUT2D eigenvalue weighted by molar-refractivity contribution is 0.0690. The Morgan fingerprint density at radius 1 is 1.35 bits per heavy atom. The van der Waals surface area contributed by atoms with Crippen LogP contribution < -0.4 is 4.74 Å². The fraction of sp³-hybridized carbons (Fsp3) is 0.333. The number of carbonyl (C=O) groups is 1. The van der Waals surface area contributed by atoms with E-state index in [-0.39, 0.29) is 17.7 Å². The van der Waals surface area contributed by atoms with Crippen molar-refractivity contribution in [1.29, 1.82) is 0 Å². The summed E-state index contributed by atoms with van der Waals surface area (Å²) in [6.45, 7) is 6.61. The Hall–Kier alpha value is -2.30. The zero-order chi connectivity index (χ0) is 14.8. The summed E-state index contributed by atoms with van der Waals surface area (Å²) >= 11 is 0. The van der Waals surface area contributed by atoms with Gasteiger partial charge in [0.1, 0.15) is 12.4 Å². The number of hydrogen-bond acceptors (Lipinski definition) is 3. The number of hydrogen-bond donors (Lipinski definition) is 2. The molecule has 0 fully saturated rings. The molecule has 0 aliphatic heterocycles. The van der Waals surface area contributed by atoms with Crippen molar-refractivity contribution in [1.82, 2.24) is 10.2 Å². The van der Waals surface area contributed by atoms with E-state index < -0.39 is 5.97 Å². The van der Waals surface area contributed by atoms with Crippen LogP contribution in [-0.4, -0.2) is 21.3 Å². The lowest BCUT2D eigenvalue weighted by atomic mass is 9.86. The lowest BCUT2D eigenvalue weighted by Gasteiger charge is -2.22. The molecule has 2 rings (SSSR count). The van der Waals surface area contributed by atoms with Crippen LogP contribution >= 0.6 is 0 Å². The van der Waals surface area contributed by atoms with Crippen molar-refractivity contribution in [3.05, 3.63) is 47.3 Å². The van der Waals surface area contributed by atoms with Gasteiger partial charge in [0.05, 0.1) is 5.69 Å². The number of aromatic amines is 1. The third-order valence-electron chi connectivity index (χ3n) is 2.93. The number of nitrogens with zero attached hydrogens (tertiary/aromatic N) is 1. The van der Waals surface area contributed by atoms with Crippen LogP contribution in [0.15, 0.2) is 30.3 Å². The number of ether oxygens (including phenoxy) is 1. The number of carboxylic acid groups (broad SMARTS) is 1. The zero-order valence-corrected chi connectivity index (χ0v) is 11.8. The van der Waals surface area contributed by atoms with Crippen LogP contribution in [0.25, 0.3) is 0 Å². The molecule has 0 amide bonds. The van der Waals surface area contributed by atoms with Crippen molar-refractivity contribution in [2.45, 2.75) is 32.8 Å². The van der Waals surface area contributed by atoms with E-state index in [1.807, 2.05) is 24.3 Å². The fourth-order valence-electron chi connectivity index (χ4n) is 1.91. The third kappa shape index (κ3) is 3.17. The Kier molecular flexibility index (Phi) is 3.79. The minimum Gasteiger partial charge on any atom is -0.487 e.